The summed E-state index contributed by atoms with van der Waals surface area (Å²) in [6.45, 7) is 3.98. The molecule has 116 valence electrons. The van der Waals surface area contributed by atoms with Crippen LogP contribution in [0.2, 0.25) is 5.02 Å². The Morgan fingerprint density at radius 3 is 2.33 bits per heavy atom. The smallest absolute Gasteiger partial charge is 0.303 e. The van der Waals surface area contributed by atoms with Crippen LogP contribution in [0, 0.1) is 5.92 Å². The van der Waals surface area contributed by atoms with E-state index in [1.807, 2.05) is 26.0 Å². The molecule has 0 spiro atoms. The Hall–Kier alpha value is -1.59. The van der Waals surface area contributed by atoms with Gasteiger partial charge in [-0.05, 0) is 30.0 Å². The van der Waals surface area contributed by atoms with Gasteiger partial charge in [-0.15, -0.1) is 0 Å². The number of aliphatic carboxylic acids is 1. The molecule has 0 aliphatic rings. The number of benzene rings is 1. The number of amides is 1. The maximum absolute atomic E-state index is 12.1. The normalized spacial score (nSPS) is 13.8. The van der Waals surface area contributed by atoms with E-state index in [9.17, 15) is 9.59 Å². The van der Waals surface area contributed by atoms with Gasteiger partial charge in [-0.3, -0.25) is 9.59 Å². The van der Waals surface area contributed by atoms with Crippen molar-refractivity contribution in [1.82, 2.24) is 5.32 Å². The van der Waals surface area contributed by atoms with Crippen LogP contribution in [0.5, 0.6) is 0 Å². The highest BCUT2D eigenvalue weighted by Crippen LogP contribution is 2.23. The standard InChI is InChI=1S/C15H21ClN2O3/c1-9(2)14(10-3-5-11(16)6-4-10)18-15(21)12(17)7-8-13(19)20/h3-6,9,12,14H,7-8,17H2,1-2H3,(H,18,21)(H,19,20). The number of nitrogens with two attached hydrogens (primary N) is 1. The second-order valence-electron chi connectivity index (χ2n) is 5.32. The Balaban J connectivity index is 2.72. The lowest BCUT2D eigenvalue weighted by Gasteiger charge is -2.24. The number of hydrogen-bond acceptors (Lipinski definition) is 3. The number of carbonyl (C=O) groups is 2. The first-order valence-electron chi connectivity index (χ1n) is 6.84. The Morgan fingerprint density at radius 1 is 1.29 bits per heavy atom. The van der Waals surface area contributed by atoms with Gasteiger partial charge >= 0.3 is 5.97 Å². The van der Waals surface area contributed by atoms with Crippen molar-refractivity contribution in [2.24, 2.45) is 11.7 Å². The number of nitrogens with one attached hydrogen (secondary N) is 1. The van der Waals surface area contributed by atoms with Gasteiger partial charge in [0.05, 0.1) is 12.1 Å². The molecule has 0 saturated carbocycles. The van der Waals surface area contributed by atoms with E-state index in [1.165, 1.54) is 0 Å². The Labute approximate surface area is 129 Å². The van der Waals surface area contributed by atoms with Crippen LogP contribution in [-0.4, -0.2) is 23.0 Å². The quantitative estimate of drug-likeness (QED) is 0.720. The molecule has 0 fully saturated rings. The predicted molar refractivity (Wildman–Crippen MR) is 82.0 cm³/mol. The number of carbonyl (C=O) groups excluding carboxylic acids is 1. The lowest BCUT2D eigenvalue weighted by Crippen LogP contribution is -2.43. The molecule has 2 unspecified atom stereocenters. The van der Waals surface area contributed by atoms with Crippen LogP contribution < -0.4 is 11.1 Å². The summed E-state index contributed by atoms with van der Waals surface area (Å²) in [4.78, 5) is 22.6. The van der Waals surface area contributed by atoms with E-state index in [4.69, 9.17) is 22.4 Å². The number of carboxylic acids is 1. The summed E-state index contributed by atoms with van der Waals surface area (Å²) in [5.41, 5.74) is 6.66. The van der Waals surface area contributed by atoms with Crippen molar-refractivity contribution in [2.45, 2.75) is 38.8 Å². The van der Waals surface area contributed by atoms with E-state index in [1.54, 1.807) is 12.1 Å². The zero-order valence-electron chi connectivity index (χ0n) is 12.2. The van der Waals surface area contributed by atoms with E-state index >= 15 is 0 Å². The maximum Gasteiger partial charge on any atom is 0.303 e. The monoisotopic (exact) mass is 312 g/mol. The van der Waals surface area contributed by atoms with Crippen LogP contribution in [-0.2, 0) is 9.59 Å². The molecule has 1 rings (SSSR count). The second kappa shape index (κ2) is 8.00. The molecule has 6 heteroatoms. The van der Waals surface area contributed by atoms with Gasteiger partial charge in [0.1, 0.15) is 0 Å². The molecule has 1 aromatic rings. The minimum atomic E-state index is -0.962. The second-order valence-corrected chi connectivity index (χ2v) is 5.76. The predicted octanol–water partition coefficient (Wildman–Crippen LogP) is 2.35. The van der Waals surface area contributed by atoms with Crippen molar-refractivity contribution in [2.75, 3.05) is 0 Å². The Morgan fingerprint density at radius 2 is 1.86 bits per heavy atom. The van der Waals surface area contributed by atoms with Crippen LogP contribution in [0.25, 0.3) is 0 Å². The molecule has 0 heterocycles. The molecule has 0 bridgehead atoms. The summed E-state index contributed by atoms with van der Waals surface area (Å²) in [5.74, 6) is -1.14. The van der Waals surface area contributed by atoms with Crippen molar-refractivity contribution >= 4 is 23.5 Å². The van der Waals surface area contributed by atoms with Crippen LogP contribution >= 0.6 is 11.6 Å². The van der Waals surface area contributed by atoms with E-state index in [0.717, 1.165) is 5.56 Å². The molecule has 4 N–H and O–H groups in total. The number of carboxylic acid groups (broad SMARTS) is 1. The van der Waals surface area contributed by atoms with E-state index in [0.29, 0.717) is 5.02 Å². The first-order valence-corrected chi connectivity index (χ1v) is 7.22. The molecule has 0 saturated heterocycles. The molecule has 0 aliphatic carbocycles. The molecule has 2 atom stereocenters. The van der Waals surface area contributed by atoms with Crippen LogP contribution in [0.1, 0.15) is 38.3 Å². The first kappa shape index (κ1) is 17.5. The van der Waals surface area contributed by atoms with Gasteiger partial charge in [-0.25, -0.2) is 0 Å². The summed E-state index contributed by atoms with van der Waals surface area (Å²) in [6, 6.07) is 6.23. The summed E-state index contributed by atoms with van der Waals surface area (Å²) < 4.78 is 0. The minimum absolute atomic E-state index is 0.118. The lowest BCUT2D eigenvalue weighted by molar-refractivity contribution is -0.137. The number of halogens is 1. The summed E-state index contributed by atoms with van der Waals surface area (Å²) >= 11 is 5.86. The van der Waals surface area contributed by atoms with Gasteiger partial charge in [0.25, 0.3) is 0 Å². The molecule has 0 aliphatic heterocycles. The maximum atomic E-state index is 12.1. The molecular weight excluding hydrogens is 292 g/mol. The molecule has 0 aromatic heterocycles. The average molecular weight is 313 g/mol. The van der Waals surface area contributed by atoms with Gasteiger partial charge in [0.2, 0.25) is 5.91 Å². The summed E-state index contributed by atoms with van der Waals surface area (Å²) in [7, 11) is 0. The third kappa shape index (κ3) is 5.73. The molecule has 1 amide bonds. The van der Waals surface area contributed by atoms with Crippen molar-refractivity contribution in [3.63, 3.8) is 0 Å². The average Bonchev–Trinajstić information content (AvgIpc) is 2.42. The minimum Gasteiger partial charge on any atom is -0.481 e. The van der Waals surface area contributed by atoms with Crippen LogP contribution in [0.4, 0.5) is 0 Å². The van der Waals surface area contributed by atoms with Gasteiger partial charge in [0.15, 0.2) is 0 Å². The van der Waals surface area contributed by atoms with E-state index in [-0.39, 0.29) is 30.7 Å². The summed E-state index contributed by atoms with van der Waals surface area (Å²) in [5, 5.41) is 12.1. The fourth-order valence-corrected chi connectivity index (χ4v) is 2.10. The fourth-order valence-electron chi connectivity index (χ4n) is 1.98. The van der Waals surface area contributed by atoms with Gasteiger partial charge in [0, 0.05) is 11.4 Å². The Kier molecular flexibility index (Phi) is 6.65. The van der Waals surface area contributed by atoms with Gasteiger partial charge < -0.3 is 16.2 Å². The lowest BCUT2D eigenvalue weighted by atomic mass is 9.95. The number of rotatable bonds is 7. The van der Waals surface area contributed by atoms with E-state index in [2.05, 4.69) is 5.32 Å². The highest BCUT2D eigenvalue weighted by Gasteiger charge is 2.22. The summed E-state index contributed by atoms with van der Waals surface area (Å²) in [6.07, 6.45) is -0.00548. The topological polar surface area (TPSA) is 92.4 Å². The zero-order chi connectivity index (χ0) is 16.0. The van der Waals surface area contributed by atoms with Crippen molar-refractivity contribution in [3.8, 4) is 0 Å². The zero-order valence-corrected chi connectivity index (χ0v) is 12.9. The molecular formula is C15H21ClN2O3. The molecule has 5 nitrogen and oxygen atoms in total. The third-order valence-corrected chi connectivity index (χ3v) is 3.45. The molecule has 1 aromatic carbocycles. The van der Waals surface area contributed by atoms with Crippen LogP contribution in [0.15, 0.2) is 24.3 Å². The number of hydrogen-bond donors (Lipinski definition) is 3. The Bertz CT molecular complexity index is 488. The molecule has 21 heavy (non-hydrogen) atoms. The third-order valence-electron chi connectivity index (χ3n) is 3.20. The van der Waals surface area contributed by atoms with Crippen molar-refractivity contribution in [3.05, 3.63) is 34.9 Å². The van der Waals surface area contributed by atoms with Gasteiger partial charge in [-0.2, -0.15) is 0 Å². The van der Waals surface area contributed by atoms with Gasteiger partial charge in [-0.1, -0.05) is 37.6 Å². The van der Waals surface area contributed by atoms with E-state index < -0.39 is 12.0 Å². The highest BCUT2D eigenvalue weighted by atomic mass is 35.5. The fraction of sp³-hybridized carbons (Fsp3) is 0.467. The van der Waals surface area contributed by atoms with Crippen molar-refractivity contribution < 1.29 is 14.7 Å². The highest BCUT2D eigenvalue weighted by molar-refractivity contribution is 6.30. The SMILES string of the molecule is CC(C)C(NC(=O)C(N)CCC(=O)O)c1ccc(Cl)cc1. The van der Waals surface area contributed by atoms with Crippen LogP contribution in [0.3, 0.4) is 0 Å². The first-order chi connectivity index (χ1) is 9.81. The van der Waals surface area contributed by atoms with Crippen molar-refractivity contribution in [1.29, 1.82) is 0 Å². The molecule has 0 radical (unpaired) electrons. The largest absolute Gasteiger partial charge is 0.481 e.